The molecule has 1 heterocycles. The number of aryl methyl sites for hydroxylation is 1. The van der Waals surface area contributed by atoms with Crippen LogP contribution in [0.4, 0.5) is 0 Å². The molecule has 0 aromatic heterocycles. The molecule has 1 aromatic rings. The fourth-order valence-corrected chi connectivity index (χ4v) is 1.97. The van der Waals surface area contributed by atoms with E-state index < -0.39 is 0 Å². The van der Waals surface area contributed by atoms with Gasteiger partial charge in [0.1, 0.15) is 0 Å². The van der Waals surface area contributed by atoms with Crippen LogP contribution < -0.4 is 14.8 Å². The predicted molar refractivity (Wildman–Crippen MR) is 72.3 cm³/mol. The number of likely N-dealkylation sites (N-methyl/N-ethyl adjacent to an activating group) is 2. The van der Waals surface area contributed by atoms with E-state index in [4.69, 9.17) is 9.47 Å². The Hall–Kier alpha value is -1.75. The molecule has 1 N–H and O–H groups in total. The van der Waals surface area contributed by atoms with Gasteiger partial charge in [0.25, 0.3) is 0 Å². The standard InChI is InChI=1S/C14H20N2O3/c1-4-15-7-14(17)16(3)8-11-6-13-12(5-10(11)2)18-9-19-13/h5-6,15H,4,7-9H2,1-3H3. The summed E-state index contributed by atoms with van der Waals surface area (Å²) in [4.78, 5) is 13.6. The molecule has 2 rings (SSSR count). The van der Waals surface area contributed by atoms with E-state index >= 15 is 0 Å². The summed E-state index contributed by atoms with van der Waals surface area (Å²) in [6, 6.07) is 3.91. The highest BCUT2D eigenvalue weighted by molar-refractivity contribution is 5.78. The topological polar surface area (TPSA) is 50.8 Å². The van der Waals surface area contributed by atoms with E-state index in [0.717, 1.165) is 29.2 Å². The van der Waals surface area contributed by atoms with Gasteiger partial charge in [-0.3, -0.25) is 4.79 Å². The Balaban J connectivity index is 2.04. The summed E-state index contributed by atoms with van der Waals surface area (Å²) < 4.78 is 10.7. The van der Waals surface area contributed by atoms with Crippen LogP contribution in [0.1, 0.15) is 18.1 Å². The average Bonchev–Trinajstić information content (AvgIpc) is 2.83. The molecule has 5 heteroatoms. The number of hydrogen-bond acceptors (Lipinski definition) is 4. The molecule has 0 saturated carbocycles. The molecule has 1 aliphatic rings. The quantitative estimate of drug-likeness (QED) is 0.870. The second-order valence-corrected chi connectivity index (χ2v) is 4.66. The first-order chi connectivity index (χ1) is 9.11. The van der Waals surface area contributed by atoms with Crippen molar-refractivity contribution < 1.29 is 14.3 Å². The lowest BCUT2D eigenvalue weighted by Gasteiger charge is -2.19. The minimum atomic E-state index is 0.0823. The SMILES string of the molecule is CCNCC(=O)N(C)Cc1cc2c(cc1C)OCO2. The molecule has 1 amide bonds. The molecule has 0 saturated heterocycles. The molecular weight excluding hydrogens is 244 g/mol. The fourth-order valence-electron chi connectivity index (χ4n) is 1.97. The first-order valence-corrected chi connectivity index (χ1v) is 6.45. The second kappa shape index (κ2) is 5.93. The number of amides is 1. The highest BCUT2D eigenvalue weighted by Gasteiger charge is 2.17. The highest BCUT2D eigenvalue weighted by atomic mass is 16.7. The van der Waals surface area contributed by atoms with Gasteiger partial charge in [0.2, 0.25) is 12.7 Å². The van der Waals surface area contributed by atoms with Crippen LogP contribution in [-0.2, 0) is 11.3 Å². The molecule has 0 fully saturated rings. The van der Waals surface area contributed by atoms with Crippen LogP contribution in [0, 0.1) is 6.92 Å². The Bertz CT molecular complexity index is 474. The Morgan fingerprint density at radius 2 is 2.05 bits per heavy atom. The molecule has 0 unspecified atom stereocenters. The van der Waals surface area contributed by atoms with Gasteiger partial charge < -0.3 is 19.7 Å². The Labute approximate surface area is 113 Å². The van der Waals surface area contributed by atoms with Gasteiger partial charge in [-0.05, 0) is 36.7 Å². The number of carbonyl (C=O) groups excluding carboxylic acids is 1. The van der Waals surface area contributed by atoms with E-state index in [1.165, 1.54) is 0 Å². The van der Waals surface area contributed by atoms with Crippen molar-refractivity contribution in [3.8, 4) is 11.5 Å². The third kappa shape index (κ3) is 3.17. The molecular formula is C14H20N2O3. The average molecular weight is 264 g/mol. The van der Waals surface area contributed by atoms with Crippen molar-refractivity contribution in [1.82, 2.24) is 10.2 Å². The minimum Gasteiger partial charge on any atom is -0.454 e. The Morgan fingerprint density at radius 3 is 2.74 bits per heavy atom. The molecule has 1 aromatic carbocycles. The van der Waals surface area contributed by atoms with E-state index in [9.17, 15) is 4.79 Å². The van der Waals surface area contributed by atoms with Crippen LogP contribution in [0.25, 0.3) is 0 Å². The maximum absolute atomic E-state index is 11.9. The smallest absolute Gasteiger partial charge is 0.236 e. The molecule has 0 radical (unpaired) electrons. The zero-order valence-corrected chi connectivity index (χ0v) is 11.7. The van der Waals surface area contributed by atoms with E-state index in [2.05, 4.69) is 5.32 Å². The monoisotopic (exact) mass is 264 g/mol. The molecule has 0 spiro atoms. The van der Waals surface area contributed by atoms with Crippen molar-refractivity contribution in [3.63, 3.8) is 0 Å². The molecule has 104 valence electrons. The number of hydrogen-bond donors (Lipinski definition) is 1. The van der Waals surface area contributed by atoms with E-state index in [-0.39, 0.29) is 12.7 Å². The van der Waals surface area contributed by atoms with E-state index in [1.54, 1.807) is 4.90 Å². The number of carbonyl (C=O) groups is 1. The zero-order valence-electron chi connectivity index (χ0n) is 11.7. The van der Waals surface area contributed by atoms with Gasteiger partial charge in [-0.25, -0.2) is 0 Å². The van der Waals surface area contributed by atoms with Crippen molar-refractivity contribution in [2.45, 2.75) is 20.4 Å². The first-order valence-electron chi connectivity index (χ1n) is 6.45. The fraction of sp³-hybridized carbons (Fsp3) is 0.500. The number of nitrogens with one attached hydrogen (secondary N) is 1. The summed E-state index contributed by atoms with van der Waals surface area (Å²) in [5, 5.41) is 3.04. The van der Waals surface area contributed by atoms with Gasteiger partial charge in [-0.1, -0.05) is 6.92 Å². The summed E-state index contributed by atoms with van der Waals surface area (Å²) >= 11 is 0. The van der Waals surface area contributed by atoms with Crippen LogP contribution in [0.2, 0.25) is 0 Å². The van der Waals surface area contributed by atoms with Gasteiger partial charge in [0, 0.05) is 13.6 Å². The maximum Gasteiger partial charge on any atom is 0.236 e. The number of fused-ring (bicyclic) bond motifs is 1. The van der Waals surface area contributed by atoms with Gasteiger partial charge >= 0.3 is 0 Å². The second-order valence-electron chi connectivity index (χ2n) is 4.66. The molecule has 0 atom stereocenters. The van der Waals surface area contributed by atoms with Gasteiger partial charge in [0.15, 0.2) is 11.5 Å². The third-order valence-electron chi connectivity index (χ3n) is 3.19. The highest BCUT2D eigenvalue weighted by Crippen LogP contribution is 2.34. The lowest BCUT2D eigenvalue weighted by atomic mass is 10.1. The van der Waals surface area contributed by atoms with E-state index in [1.807, 2.05) is 33.0 Å². The van der Waals surface area contributed by atoms with Crippen molar-refractivity contribution >= 4 is 5.91 Å². The lowest BCUT2D eigenvalue weighted by Crippen LogP contribution is -2.35. The van der Waals surface area contributed by atoms with Crippen LogP contribution in [0.3, 0.4) is 0 Å². The number of benzene rings is 1. The van der Waals surface area contributed by atoms with Crippen molar-refractivity contribution in [3.05, 3.63) is 23.3 Å². The molecule has 0 aliphatic carbocycles. The van der Waals surface area contributed by atoms with Gasteiger partial charge in [-0.15, -0.1) is 0 Å². The van der Waals surface area contributed by atoms with Crippen LogP contribution in [0.5, 0.6) is 11.5 Å². The van der Waals surface area contributed by atoms with Crippen molar-refractivity contribution in [1.29, 1.82) is 0 Å². The minimum absolute atomic E-state index is 0.0823. The van der Waals surface area contributed by atoms with Crippen molar-refractivity contribution in [2.75, 3.05) is 26.9 Å². The van der Waals surface area contributed by atoms with Crippen molar-refractivity contribution in [2.24, 2.45) is 0 Å². The number of rotatable bonds is 5. The molecule has 1 aliphatic heterocycles. The summed E-state index contributed by atoms with van der Waals surface area (Å²) in [7, 11) is 1.81. The third-order valence-corrected chi connectivity index (χ3v) is 3.19. The van der Waals surface area contributed by atoms with Crippen LogP contribution in [-0.4, -0.2) is 37.7 Å². The zero-order chi connectivity index (χ0) is 13.8. The molecule has 19 heavy (non-hydrogen) atoms. The predicted octanol–water partition coefficient (Wildman–Crippen LogP) is 1.29. The summed E-state index contributed by atoms with van der Waals surface area (Å²) in [6.45, 7) is 6.01. The summed E-state index contributed by atoms with van der Waals surface area (Å²) in [5.74, 6) is 1.62. The summed E-state index contributed by atoms with van der Waals surface area (Å²) in [5.41, 5.74) is 2.18. The normalized spacial score (nSPS) is 12.6. The lowest BCUT2D eigenvalue weighted by molar-refractivity contribution is -0.129. The summed E-state index contributed by atoms with van der Waals surface area (Å²) in [6.07, 6.45) is 0. The van der Waals surface area contributed by atoms with Crippen LogP contribution >= 0.6 is 0 Å². The molecule has 0 bridgehead atoms. The van der Waals surface area contributed by atoms with Gasteiger partial charge in [-0.2, -0.15) is 0 Å². The Morgan fingerprint density at radius 1 is 1.37 bits per heavy atom. The van der Waals surface area contributed by atoms with Gasteiger partial charge in [0.05, 0.1) is 6.54 Å². The van der Waals surface area contributed by atoms with Crippen LogP contribution in [0.15, 0.2) is 12.1 Å². The largest absolute Gasteiger partial charge is 0.454 e. The number of nitrogens with zero attached hydrogens (tertiary/aromatic N) is 1. The molecule has 5 nitrogen and oxygen atoms in total. The Kier molecular flexibility index (Phi) is 4.27. The number of ether oxygens (including phenoxy) is 2. The first kappa shape index (κ1) is 13.7. The van der Waals surface area contributed by atoms with E-state index in [0.29, 0.717) is 13.1 Å². The maximum atomic E-state index is 11.9.